The van der Waals surface area contributed by atoms with Crippen LogP contribution in [0.5, 0.6) is 11.5 Å². The average molecular weight is 340 g/mol. The van der Waals surface area contributed by atoms with Crippen molar-refractivity contribution in [3.63, 3.8) is 0 Å². The smallest absolute Gasteiger partial charge is 0.223 e. The van der Waals surface area contributed by atoms with Gasteiger partial charge in [0.2, 0.25) is 5.91 Å². The van der Waals surface area contributed by atoms with Crippen LogP contribution >= 0.6 is 0 Å². The van der Waals surface area contributed by atoms with E-state index in [1.165, 1.54) is 0 Å². The predicted octanol–water partition coefficient (Wildman–Crippen LogP) is 3.22. The standard InChI is InChI=1S/C20H24N2O3/c1-24-18-11-16(12-19(13-18)25-2)3-6-20(23)22(17-4-5-17)14-15-7-9-21-10-8-15/h7-13,17H,3-6,14H2,1-2H3. The summed E-state index contributed by atoms with van der Waals surface area (Å²) in [4.78, 5) is 18.8. The first-order valence-corrected chi connectivity index (χ1v) is 8.60. The number of aryl methyl sites for hydroxylation is 1. The van der Waals surface area contributed by atoms with Gasteiger partial charge in [-0.05, 0) is 54.7 Å². The SMILES string of the molecule is COc1cc(CCC(=O)N(Cc2ccncc2)C2CC2)cc(OC)c1. The molecule has 2 aromatic rings. The van der Waals surface area contributed by atoms with E-state index in [4.69, 9.17) is 9.47 Å². The molecule has 0 atom stereocenters. The van der Waals surface area contributed by atoms with Crippen LogP contribution in [-0.2, 0) is 17.8 Å². The molecular formula is C20H24N2O3. The molecule has 0 spiro atoms. The van der Waals surface area contributed by atoms with Crippen molar-refractivity contribution in [2.75, 3.05) is 14.2 Å². The Kier molecular flexibility index (Phi) is 5.53. The fourth-order valence-corrected chi connectivity index (χ4v) is 2.90. The third-order valence-electron chi connectivity index (χ3n) is 4.45. The van der Waals surface area contributed by atoms with E-state index in [9.17, 15) is 4.79 Å². The number of carbonyl (C=O) groups excluding carboxylic acids is 1. The number of aromatic nitrogens is 1. The summed E-state index contributed by atoms with van der Waals surface area (Å²) in [7, 11) is 3.26. The molecule has 0 unspecified atom stereocenters. The summed E-state index contributed by atoms with van der Waals surface area (Å²) in [6, 6.07) is 10.1. The molecule has 0 radical (unpaired) electrons. The van der Waals surface area contributed by atoms with Crippen molar-refractivity contribution < 1.29 is 14.3 Å². The molecule has 1 amide bonds. The van der Waals surface area contributed by atoms with Crippen molar-refractivity contribution in [2.45, 2.75) is 38.3 Å². The fraction of sp³-hybridized carbons (Fsp3) is 0.400. The number of methoxy groups -OCH3 is 2. The molecule has 5 nitrogen and oxygen atoms in total. The van der Waals surface area contributed by atoms with Crippen molar-refractivity contribution in [1.29, 1.82) is 0 Å². The minimum absolute atomic E-state index is 0.195. The van der Waals surface area contributed by atoms with Crippen molar-refractivity contribution in [2.24, 2.45) is 0 Å². The Morgan fingerprint density at radius 2 is 1.72 bits per heavy atom. The minimum atomic E-state index is 0.195. The number of amides is 1. The molecule has 1 aromatic carbocycles. The van der Waals surface area contributed by atoms with E-state index in [-0.39, 0.29) is 5.91 Å². The highest BCUT2D eigenvalue weighted by Crippen LogP contribution is 2.29. The van der Waals surface area contributed by atoms with Crippen LogP contribution in [0.2, 0.25) is 0 Å². The molecule has 132 valence electrons. The van der Waals surface area contributed by atoms with Crippen LogP contribution < -0.4 is 9.47 Å². The van der Waals surface area contributed by atoms with Gasteiger partial charge in [0.15, 0.2) is 0 Å². The van der Waals surface area contributed by atoms with E-state index in [1.54, 1.807) is 26.6 Å². The zero-order valence-corrected chi connectivity index (χ0v) is 14.8. The number of pyridine rings is 1. The predicted molar refractivity (Wildman–Crippen MR) is 95.7 cm³/mol. The molecule has 1 fully saturated rings. The molecule has 1 heterocycles. The number of rotatable bonds is 8. The van der Waals surface area contributed by atoms with E-state index in [2.05, 4.69) is 4.98 Å². The first kappa shape index (κ1) is 17.3. The van der Waals surface area contributed by atoms with Crippen LogP contribution in [0.15, 0.2) is 42.7 Å². The summed E-state index contributed by atoms with van der Waals surface area (Å²) in [5, 5.41) is 0. The second kappa shape index (κ2) is 8.01. The molecule has 0 bridgehead atoms. The zero-order chi connectivity index (χ0) is 17.6. The van der Waals surface area contributed by atoms with Gasteiger partial charge in [-0.1, -0.05) is 0 Å². The summed E-state index contributed by atoms with van der Waals surface area (Å²) in [5.74, 6) is 1.69. The quantitative estimate of drug-likeness (QED) is 0.740. The zero-order valence-electron chi connectivity index (χ0n) is 14.8. The number of hydrogen-bond donors (Lipinski definition) is 0. The summed E-state index contributed by atoms with van der Waals surface area (Å²) in [6.45, 7) is 0.660. The average Bonchev–Trinajstić information content (AvgIpc) is 3.49. The fourth-order valence-electron chi connectivity index (χ4n) is 2.90. The number of carbonyl (C=O) groups is 1. The van der Waals surface area contributed by atoms with Crippen LogP contribution in [0.4, 0.5) is 0 Å². The van der Waals surface area contributed by atoms with Gasteiger partial charge < -0.3 is 14.4 Å². The Labute approximate surface area is 148 Å². The third kappa shape index (κ3) is 4.72. The van der Waals surface area contributed by atoms with Crippen LogP contribution in [0, 0.1) is 0 Å². The minimum Gasteiger partial charge on any atom is -0.497 e. The highest BCUT2D eigenvalue weighted by atomic mass is 16.5. The van der Waals surface area contributed by atoms with Gasteiger partial charge >= 0.3 is 0 Å². The maximum atomic E-state index is 12.8. The van der Waals surface area contributed by atoms with E-state index in [1.807, 2.05) is 35.2 Å². The second-order valence-electron chi connectivity index (χ2n) is 6.33. The molecule has 1 saturated carbocycles. The second-order valence-corrected chi connectivity index (χ2v) is 6.33. The molecule has 0 aliphatic heterocycles. The van der Waals surface area contributed by atoms with E-state index < -0.39 is 0 Å². The van der Waals surface area contributed by atoms with E-state index in [0.717, 1.165) is 35.5 Å². The highest BCUT2D eigenvalue weighted by molar-refractivity contribution is 5.77. The summed E-state index contributed by atoms with van der Waals surface area (Å²) in [6.07, 6.45) is 6.90. The van der Waals surface area contributed by atoms with Gasteiger partial charge in [-0.15, -0.1) is 0 Å². The first-order chi connectivity index (χ1) is 12.2. The lowest BCUT2D eigenvalue weighted by molar-refractivity contribution is -0.132. The van der Waals surface area contributed by atoms with Gasteiger partial charge in [-0.2, -0.15) is 0 Å². The lowest BCUT2D eigenvalue weighted by Crippen LogP contribution is -2.32. The Bertz CT molecular complexity index is 692. The van der Waals surface area contributed by atoms with Gasteiger partial charge in [0, 0.05) is 37.5 Å². The molecule has 1 aliphatic rings. The van der Waals surface area contributed by atoms with E-state index >= 15 is 0 Å². The lowest BCUT2D eigenvalue weighted by Gasteiger charge is -2.22. The number of nitrogens with zero attached hydrogens (tertiary/aromatic N) is 2. The van der Waals surface area contributed by atoms with Crippen molar-refractivity contribution in [3.05, 3.63) is 53.9 Å². The number of benzene rings is 1. The van der Waals surface area contributed by atoms with Crippen molar-refractivity contribution >= 4 is 5.91 Å². The van der Waals surface area contributed by atoms with Crippen LogP contribution in [0.3, 0.4) is 0 Å². The number of hydrogen-bond acceptors (Lipinski definition) is 4. The van der Waals surface area contributed by atoms with Gasteiger partial charge in [0.05, 0.1) is 14.2 Å². The van der Waals surface area contributed by atoms with Crippen molar-refractivity contribution in [3.8, 4) is 11.5 Å². The summed E-state index contributed by atoms with van der Waals surface area (Å²) >= 11 is 0. The molecule has 1 aromatic heterocycles. The van der Waals surface area contributed by atoms with E-state index in [0.29, 0.717) is 25.4 Å². The monoisotopic (exact) mass is 340 g/mol. The topological polar surface area (TPSA) is 51.7 Å². The summed E-state index contributed by atoms with van der Waals surface area (Å²) < 4.78 is 10.6. The molecular weight excluding hydrogens is 316 g/mol. The van der Waals surface area contributed by atoms with Crippen molar-refractivity contribution in [1.82, 2.24) is 9.88 Å². The molecule has 1 aliphatic carbocycles. The molecule has 3 rings (SSSR count). The Hall–Kier alpha value is -2.56. The van der Waals surface area contributed by atoms with Crippen LogP contribution in [-0.4, -0.2) is 36.1 Å². The Morgan fingerprint density at radius 1 is 1.08 bits per heavy atom. The Morgan fingerprint density at radius 3 is 2.28 bits per heavy atom. The lowest BCUT2D eigenvalue weighted by atomic mass is 10.1. The van der Waals surface area contributed by atoms with Crippen LogP contribution in [0.25, 0.3) is 0 Å². The third-order valence-corrected chi connectivity index (χ3v) is 4.45. The normalized spacial score (nSPS) is 13.4. The molecule has 25 heavy (non-hydrogen) atoms. The van der Waals surface area contributed by atoms with Crippen LogP contribution in [0.1, 0.15) is 30.4 Å². The maximum Gasteiger partial charge on any atom is 0.223 e. The summed E-state index contributed by atoms with van der Waals surface area (Å²) in [5.41, 5.74) is 2.17. The highest BCUT2D eigenvalue weighted by Gasteiger charge is 2.32. The largest absolute Gasteiger partial charge is 0.497 e. The molecule has 0 saturated heterocycles. The van der Waals surface area contributed by atoms with Gasteiger partial charge in [0.25, 0.3) is 0 Å². The molecule has 0 N–H and O–H groups in total. The van der Waals surface area contributed by atoms with Gasteiger partial charge in [0.1, 0.15) is 11.5 Å². The number of ether oxygens (including phenoxy) is 2. The van der Waals surface area contributed by atoms with Gasteiger partial charge in [-0.25, -0.2) is 0 Å². The van der Waals surface area contributed by atoms with Gasteiger partial charge in [-0.3, -0.25) is 9.78 Å². The Balaban J connectivity index is 1.64. The molecule has 5 heteroatoms. The first-order valence-electron chi connectivity index (χ1n) is 8.60. The maximum absolute atomic E-state index is 12.8.